The Morgan fingerprint density at radius 3 is 2.12 bits per heavy atom. The van der Waals surface area contributed by atoms with Crippen LogP contribution >= 0.6 is 11.6 Å². The van der Waals surface area contributed by atoms with E-state index in [1.807, 2.05) is 37.3 Å². The van der Waals surface area contributed by atoms with Crippen molar-refractivity contribution in [3.63, 3.8) is 0 Å². The molecule has 0 saturated heterocycles. The van der Waals surface area contributed by atoms with E-state index in [1.54, 1.807) is 0 Å². The van der Waals surface area contributed by atoms with E-state index in [1.165, 1.54) is 12.8 Å². The smallest absolute Gasteiger partial charge is 0.132 e. The Kier molecular flexibility index (Phi) is 10.1. The molecule has 1 aromatic carbocycles. The van der Waals surface area contributed by atoms with E-state index in [4.69, 9.17) is 11.6 Å². The van der Waals surface area contributed by atoms with E-state index in [9.17, 15) is 4.79 Å². The molecule has 1 aromatic rings. The fourth-order valence-corrected chi connectivity index (χ4v) is 1.31. The quantitative estimate of drug-likeness (QED) is 0.670. The summed E-state index contributed by atoms with van der Waals surface area (Å²) in [6, 6.07) is 9.44. The average Bonchev–Trinajstić information content (AvgIpc) is 2.31. The average molecular weight is 241 g/mol. The van der Waals surface area contributed by atoms with Gasteiger partial charge in [0.1, 0.15) is 5.78 Å². The first kappa shape index (κ1) is 15.2. The lowest BCUT2D eigenvalue weighted by molar-refractivity contribution is -0.118. The predicted octanol–water partition coefficient (Wildman–Crippen LogP) is 4.89. The van der Waals surface area contributed by atoms with Gasteiger partial charge in [0.2, 0.25) is 0 Å². The van der Waals surface area contributed by atoms with Crippen LogP contribution in [0.2, 0.25) is 5.02 Å². The minimum atomic E-state index is 0.406. The molecule has 0 unspecified atom stereocenters. The van der Waals surface area contributed by atoms with Gasteiger partial charge in [-0.15, -0.1) is 0 Å². The van der Waals surface area contributed by atoms with Crippen molar-refractivity contribution in [2.45, 2.75) is 46.0 Å². The van der Waals surface area contributed by atoms with Gasteiger partial charge < -0.3 is 0 Å². The molecule has 0 aromatic heterocycles. The number of halogens is 1. The van der Waals surface area contributed by atoms with Gasteiger partial charge >= 0.3 is 0 Å². The van der Waals surface area contributed by atoms with Crippen LogP contribution in [-0.4, -0.2) is 5.78 Å². The second-order valence-corrected chi connectivity index (χ2v) is 4.08. The van der Waals surface area contributed by atoms with Crippen molar-refractivity contribution in [2.24, 2.45) is 0 Å². The normalized spacial score (nSPS) is 9.19. The molecular weight excluding hydrogens is 220 g/mol. The second-order valence-electron chi connectivity index (χ2n) is 3.64. The van der Waals surface area contributed by atoms with Crippen molar-refractivity contribution in [3.8, 4) is 0 Å². The third-order valence-corrected chi connectivity index (χ3v) is 2.44. The molecule has 1 rings (SSSR count). The van der Waals surface area contributed by atoms with E-state index >= 15 is 0 Å². The van der Waals surface area contributed by atoms with Gasteiger partial charge in [-0.25, -0.2) is 0 Å². The highest BCUT2D eigenvalue weighted by atomic mass is 35.5. The van der Waals surface area contributed by atoms with E-state index < -0.39 is 0 Å². The van der Waals surface area contributed by atoms with Crippen LogP contribution in [-0.2, 0) is 4.79 Å². The molecule has 0 saturated carbocycles. The molecule has 0 aliphatic carbocycles. The summed E-state index contributed by atoms with van der Waals surface area (Å²) >= 11 is 5.54. The maximum Gasteiger partial charge on any atom is 0.132 e. The number of hydrogen-bond donors (Lipinski definition) is 0. The topological polar surface area (TPSA) is 17.1 Å². The molecule has 1 nitrogen and oxygen atoms in total. The van der Waals surface area contributed by atoms with Gasteiger partial charge in [0.15, 0.2) is 0 Å². The summed E-state index contributed by atoms with van der Waals surface area (Å²) in [7, 11) is 0. The molecule has 0 amide bonds. The zero-order valence-corrected chi connectivity index (χ0v) is 11.0. The maximum absolute atomic E-state index is 10.7. The number of carbonyl (C=O) groups is 1. The lowest BCUT2D eigenvalue weighted by Crippen LogP contribution is -1.93. The maximum atomic E-state index is 10.7. The van der Waals surface area contributed by atoms with Crippen molar-refractivity contribution >= 4 is 17.4 Å². The van der Waals surface area contributed by atoms with Gasteiger partial charge in [0, 0.05) is 17.9 Å². The predicted molar refractivity (Wildman–Crippen MR) is 70.9 cm³/mol. The molecule has 0 heterocycles. The van der Waals surface area contributed by atoms with Crippen LogP contribution in [0.4, 0.5) is 0 Å². The Hall–Kier alpha value is -0.820. The second kappa shape index (κ2) is 10.7. The number of Topliss-reactive ketones (excluding diaryl/α,β-unsaturated/α-hetero) is 1. The van der Waals surface area contributed by atoms with Crippen molar-refractivity contribution in [2.75, 3.05) is 0 Å². The minimum Gasteiger partial charge on any atom is -0.300 e. The number of rotatable bonds is 5. The van der Waals surface area contributed by atoms with Crippen LogP contribution in [0.1, 0.15) is 46.0 Å². The molecule has 0 aliphatic heterocycles. The highest BCUT2D eigenvalue weighted by molar-refractivity contribution is 6.30. The molecule has 16 heavy (non-hydrogen) atoms. The molecule has 0 spiro atoms. The van der Waals surface area contributed by atoms with Crippen molar-refractivity contribution < 1.29 is 4.79 Å². The first-order valence-electron chi connectivity index (χ1n) is 5.93. The van der Waals surface area contributed by atoms with Crippen LogP contribution in [0.25, 0.3) is 0 Å². The molecular formula is C14H21ClO. The Morgan fingerprint density at radius 1 is 1.12 bits per heavy atom. The summed E-state index contributed by atoms with van der Waals surface area (Å²) < 4.78 is 0. The minimum absolute atomic E-state index is 0.406. The Labute approximate surface area is 104 Å². The number of unbranched alkanes of at least 4 members (excludes halogenated alkanes) is 2. The van der Waals surface area contributed by atoms with E-state index in [0.29, 0.717) is 12.2 Å². The fraction of sp³-hybridized carbons (Fsp3) is 0.500. The summed E-state index contributed by atoms with van der Waals surface area (Å²) in [5.74, 6) is 0.406. The molecule has 0 bridgehead atoms. The summed E-state index contributed by atoms with van der Waals surface area (Å²) in [5, 5.41) is 0.794. The zero-order valence-electron chi connectivity index (χ0n) is 10.2. The molecule has 0 atom stereocenters. The first-order chi connectivity index (χ1) is 7.70. The van der Waals surface area contributed by atoms with E-state index in [2.05, 4.69) is 6.92 Å². The van der Waals surface area contributed by atoms with Crippen molar-refractivity contribution in [1.29, 1.82) is 0 Å². The Bertz CT molecular complexity index is 269. The summed E-state index contributed by atoms with van der Waals surface area (Å²) in [4.78, 5) is 10.7. The van der Waals surface area contributed by atoms with Crippen LogP contribution in [0, 0.1) is 0 Å². The zero-order chi connectivity index (χ0) is 12.2. The van der Waals surface area contributed by atoms with Crippen molar-refractivity contribution in [1.82, 2.24) is 0 Å². The fourth-order valence-electron chi connectivity index (χ4n) is 1.16. The number of ketones is 1. The standard InChI is InChI=1S/C8H16O.C6H5Cl/c1-3-5-6-7-8(9)4-2;7-6-4-2-1-3-5-6/h3-7H2,1-2H3;1-5H. The highest BCUT2D eigenvalue weighted by Crippen LogP contribution is 2.03. The molecule has 0 aliphatic rings. The van der Waals surface area contributed by atoms with Crippen LogP contribution in [0.5, 0.6) is 0 Å². The molecule has 2 heteroatoms. The highest BCUT2D eigenvalue weighted by Gasteiger charge is 1.95. The molecule has 0 N–H and O–H groups in total. The number of hydrogen-bond acceptors (Lipinski definition) is 1. The summed E-state index contributed by atoms with van der Waals surface area (Å²) in [6.45, 7) is 4.07. The van der Waals surface area contributed by atoms with Gasteiger partial charge in [-0.05, 0) is 18.6 Å². The van der Waals surface area contributed by atoms with Gasteiger partial charge in [0.25, 0.3) is 0 Å². The van der Waals surface area contributed by atoms with Gasteiger partial charge in [-0.1, -0.05) is 56.5 Å². The number of carbonyl (C=O) groups excluding carboxylic acids is 1. The summed E-state index contributed by atoms with van der Waals surface area (Å²) in [6.07, 6.45) is 5.00. The van der Waals surface area contributed by atoms with Gasteiger partial charge in [-0.2, -0.15) is 0 Å². The first-order valence-corrected chi connectivity index (χ1v) is 6.30. The Balaban J connectivity index is 0.000000288. The van der Waals surface area contributed by atoms with Crippen LogP contribution in [0.15, 0.2) is 30.3 Å². The van der Waals surface area contributed by atoms with Crippen LogP contribution < -0.4 is 0 Å². The third-order valence-electron chi connectivity index (χ3n) is 2.19. The van der Waals surface area contributed by atoms with E-state index in [-0.39, 0.29) is 0 Å². The van der Waals surface area contributed by atoms with Crippen LogP contribution in [0.3, 0.4) is 0 Å². The summed E-state index contributed by atoms with van der Waals surface area (Å²) in [5.41, 5.74) is 0. The van der Waals surface area contributed by atoms with Gasteiger partial charge in [-0.3, -0.25) is 4.79 Å². The lowest BCUT2D eigenvalue weighted by atomic mass is 10.1. The molecule has 0 fully saturated rings. The molecule has 0 radical (unpaired) electrons. The third kappa shape index (κ3) is 9.72. The lowest BCUT2D eigenvalue weighted by Gasteiger charge is -1.93. The Morgan fingerprint density at radius 2 is 1.75 bits per heavy atom. The van der Waals surface area contributed by atoms with Gasteiger partial charge in [0.05, 0.1) is 0 Å². The van der Waals surface area contributed by atoms with Crippen molar-refractivity contribution in [3.05, 3.63) is 35.4 Å². The largest absolute Gasteiger partial charge is 0.300 e. The number of benzene rings is 1. The monoisotopic (exact) mass is 240 g/mol. The SMILES string of the molecule is CCCCCC(=O)CC.Clc1ccccc1. The van der Waals surface area contributed by atoms with E-state index in [0.717, 1.165) is 17.9 Å². The molecule has 90 valence electrons.